The van der Waals surface area contributed by atoms with Crippen LogP contribution >= 0.6 is 0 Å². The highest BCUT2D eigenvalue weighted by Crippen LogP contribution is 2.28. The molecule has 3 aromatic rings. The lowest BCUT2D eigenvalue weighted by Crippen LogP contribution is -2.18. The molecule has 1 fully saturated rings. The number of aryl methyl sites for hydroxylation is 1. The van der Waals surface area contributed by atoms with Crippen LogP contribution in [0, 0.1) is 6.92 Å². The van der Waals surface area contributed by atoms with E-state index in [9.17, 15) is 0 Å². The summed E-state index contributed by atoms with van der Waals surface area (Å²) in [4.78, 5) is 14.7. The topological polar surface area (TPSA) is 44.8 Å². The molecule has 112 valence electrons. The molecule has 1 N–H and O–H groups in total. The molecule has 0 spiro atoms. The number of fused-ring (bicyclic) bond motifs is 1. The minimum Gasteiger partial charge on any atom is -0.346 e. The third-order valence-corrected chi connectivity index (χ3v) is 4.38. The molecule has 3 aromatic heterocycles. The van der Waals surface area contributed by atoms with Gasteiger partial charge >= 0.3 is 0 Å². The predicted octanol–water partition coefficient (Wildman–Crippen LogP) is 3.53. The number of pyridine rings is 2. The Labute approximate surface area is 130 Å². The number of H-pyrrole nitrogens is 1. The summed E-state index contributed by atoms with van der Waals surface area (Å²) in [5.74, 6) is 0. The molecule has 0 saturated carbocycles. The fourth-order valence-electron chi connectivity index (χ4n) is 3.27. The van der Waals surface area contributed by atoms with E-state index >= 15 is 0 Å². The number of rotatable bonds is 3. The van der Waals surface area contributed by atoms with Gasteiger partial charge < -0.3 is 4.98 Å². The number of likely N-dealkylation sites (tertiary alicyclic amines) is 1. The van der Waals surface area contributed by atoms with Crippen LogP contribution in [-0.4, -0.2) is 32.9 Å². The Balaban J connectivity index is 1.73. The van der Waals surface area contributed by atoms with Crippen LogP contribution < -0.4 is 0 Å². The van der Waals surface area contributed by atoms with E-state index in [0.29, 0.717) is 0 Å². The second-order valence-corrected chi connectivity index (χ2v) is 6.18. The number of nitrogens with one attached hydrogen (secondary N) is 1. The van der Waals surface area contributed by atoms with E-state index in [0.717, 1.165) is 17.8 Å². The molecule has 0 atom stereocenters. The van der Waals surface area contributed by atoms with Crippen LogP contribution in [0.25, 0.3) is 22.2 Å². The van der Waals surface area contributed by atoms with Gasteiger partial charge in [-0.05, 0) is 56.1 Å². The zero-order valence-electron chi connectivity index (χ0n) is 12.8. The van der Waals surface area contributed by atoms with Gasteiger partial charge in [0.15, 0.2) is 0 Å². The van der Waals surface area contributed by atoms with Crippen molar-refractivity contribution in [2.45, 2.75) is 26.3 Å². The molecule has 0 amide bonds. The molecule has 1 aliphatic rings. The quantitative estimate of drug-likeness (QED) is 0.803. The van der Waals surface area contributed by atoms with Crippen LogP contribution in [0.4, 0.5) is 0 Å². The normalized spacial score (nSPS) is 15.7. The highest BCUT2D eigenvalue weighted by molar-refractivity contribution is 5.93. The molecule has 4 heteroatoms. The van der Waals surface area contributed by atoms with Gasteiger partial charge in [0.2, 0.25) is 0 Å². The van der Waals surface area contributed by atoms with Crippen LogP contribution in [0.2, 0.25) is 0 Å². The lowest BCUT2D eigenvalue weighted by molar-refractivity contribution is 0.331. The van der Waals surface area contributed by atoms with Gasteiger partial charge in [-0.25, -0.2) is 4.98 Å². The Morgan fingerprint density at radius 2 is 2.00 bits per heavy atom. The fraction of sp³-hybridized carbons (Fsp3) is 0.333. The lowest BCUT2D eigenvalue weighted by Gasteiger charge is -2.14. The average Bonchev–Trinajstić information content (AvgIpc) is 3.16. The molecule has 0 unspecified atom stereocenters. The summed E-state index contributed by atoms with van der Waals surface area (Å²) >= 11 is 0. The van der Waals surface area contributed by atoms with Crippen molar-refractivity contribution < 1.29 is 0 Å². The molecule has 22 heavy (non-hydrogen) atoms. The minimum absolute atomic E-state index is 0.946. The molecule has 4 heterocycles. The number of aromatic amines is 1. The lowest BCUT2D eigenvalue weighted by atomic mass is 10.1. The summed E-state index contributed by atoms with van der Waals surface area (Å²) in [5, 5.41) is 1.18. The van der Waals surface area contributed by atoms with Crippen LogP contribution in [0.15, 0.2) is 36.9 Å². The molecular weight excluding hydrogens is 272 g/mol. The zero-order valence-corrected chi connectivity index (χ0v) is 12.8. The van der Waals surface area contributed by atoms with Crippen LogP contribution in [0.1, 0.15) is 24.0 Å². The Bertz CT molecular complexity index is 800. The van der Waals surface area contributed by atoms with Gasteiger partial charge in [-0.2, -0.15) is 0 Å². The van der Waals surface area contributed by atoms with Crippen molar-refractivity contribution >= 4 is 11.0 Å². The molecular formula is C18H20N4. The van der Waals surface area contributed by atoms with E-state index in [4.69, 9.17) is 0 Å². The first-order chi connectivity index (χ1) is 10.8. The third kappa shape index (κ3) is 2.50. The van der Waals surface area contributed by atoms with E-state index in [1.807, 2.05) is 24.8 Å². The first-order valence-electron chi connectivity index (χ1n) is 7.90. The summed E-state index contributed by atoms with van der Waals surface area (Å²) in [6.45, 7) is 5.49. The Morgan fingerprint density at radius 3 is 2.82 bits per heavy atom. The van der Waals surface area contributed by atoms with Crippen molar-refractivity contribution in [3.05, 3.63) is 48.0 Å². The first kappa shape index (κ1) is 13.5. The number of nitrogens with zero attached hydrogens (tertiary/aromatic N) is 3. The maximum Gasteiger partial charge on any atom is 0.137 e. The Morgan fingerprint density at radius 1 is 1.14 bits per heavy atom. The third-order valence-electron chi connectivity index (χ3n) is 4.38. The van der Waals surface area contributed by atoms with Crippen molar-refractivity contribution in [2.75, 3.05) is 13.1 Å². The van der Waals surface area contributed by atoms with Gasteiger partial charge in [-0.3, -0.25) is 9.88 Å². The van der Waals surface area contributed by atoms with Gasteiger partial charge in [-0.1, -0.05) is 0 Å². The van der Waals surface area contributed by atoms with Crippen molar-refractivity contribution in [2.24, 2.45) is 0 Å². The van der Waals surface area contributed by atoms with Gasteiger partial charge in [0, 0.05) is 47.8 Å². The summed E-state index contributed by atoms with van der Waals surface area (Å²) in [6.07, 6.45) is 10.5. The average molecular weight is 292 g/mol. The van der Waals surface area contributed by atoms with E-state index in [2.05, 4.69) is 38.9 Å². The second kappa shape index (κ2) is 5.54. The molecule has 0 aliphatic carbocycles. The monoisotopic (exact) mass is 292 g/mol. The number of hydrogen-bond acceptors (Lipinski definition) is 3. The van der Waals surface area contributed by atoms with Gasteiger partial charge in [0.05, 0.1) is 0 Å². The van der Waals surface area contributed by atoms with E-state index < -0.39 is 0 Å². The second-order valence-electron chi connectivity index (χ2n) is 6.18. The molecule has 1 aliphatic heterocycles. The van der Waals surface area contributed by atoms with Gasteiger partial charge in [-0.15, -0.1) is 0 Å². The highest BCUT2D eigenvalue weighted by atomic mass is 15.1. The summed E-state index contributed by atoms with van der Waals surface area (Å²) < 4.78 is 0. The molecule has 0 bridgehead atoms. The van der Waals surface area contributed by atoms with Gasteiger partial charge in [0.25, 0.3) is 0 Å². The van der Waals surface area contributed by atoms with Crippen molar-refractivity contribution in [1.29, 1.82) is 0 Å². The zero-order chi connectivity index (χ0) is 14.9. The van der Waals surface area contributed by atoms with Gasteiger partial charge in [0.1, 0.15) is 5.65 Å². The maximum atomic E-state index is 4.59. The summed E-state index contributed by atoms with van der Waals surface area (Å²) in [7, 11) is 0. The number of hydrogen-bond donors (Lipinski definition) is 1. The number of aromatic nitrogens is 3. The van der Waals surface area contributed by atoms with Crippen LogP contribution in [0.5, 0.6) is 0 Å². The largest absolute Gasteiger partial charge is 0.346 e. The fourth-order valence-corrected chi connectivity index (χ4v) is 3.27. The standard InChI is InChI=1S/C18H20N4/c1-13-6-15(10-19-8-13)17-11-21-18-16(17)7-14(9-20-18)12-22-4-2-3-5-22/h6-11H,2-5,12H2,1H3,(H,20,21). The summed E-state index contributed by atoms with van der Waals surface area (Å²) in [5.41, 5.74) is 5.74. The Kier molecular flexibility index (Phi) is 3.39. The molecule has 4 nitrogen and oxygen atoms in total. The highest BCUT2D eigenvalue weighted by Gasteiger charge is 2.13. The Hall–Kier alpha value is -2.20. The predicted molar refractivity (Wildman–Crippen MR) is 88.6 cm³/mol. The van der Waals surface area contributed by atoms with Crippen molar-refractivity contribution in [3.8, 4) is 11.1 Å². The van der Waals surface area contributed by atoms with E-state index in [1.165, 1.54) is 48.0 Å². The van der Waals surface area contributed by atoms with Crippen LogP contribution in [0.3, 0.4) is 0 Å². The van der Waals surface area contributed by atoms with Crippen molar-refractivity contribution in [1.82, 2.24) is 19.9 Å². The summed E-state index contributed by atoms with van der Waals surface area (Å²) in [6, 6.07) is 4.44. The molecule has 1 saturated heterocycles. The molecule has 0 aromatic carbocycles. The van der Waals surface area contributed by atoms with E-state index in [1.54, 1.807) is 0 Å². The van der Waals surface area contributed by atoms with Crippen molar-refractivity contribution in [3.63, 3.8) is 0 Å². The smallest absolute Gasteiger partial charge is 0.137 e. The van der Waals surface area contributed by atoms with E-state index in [-0.39, 0.29) is 0 Å². The van der Waals surface area contributed by atoms with Crippen LogP contribution in [-0.2, 0) is 6.54 Å². The minimum atomic E-state index is 0.946. The maximum absolute atomic E-state index is 4.59. The molecule has 4 rings (SSSR count). The SMILES string of the molecule is Cc1cncc(-c2c[nH]c3ncc(CN4CCCC4)cc23)c1. The first-order valence-corrected chi connectivity index (χ1v) is 7.90. The molecule has 0 radical (unpaired) electrons.